The molecule has 106 valence electrons. The minimum Gasteiger partial charge on any atom is -0.324 e. The summed E-state index contributed by atoms with van der Waals surface area (Å²) in [7, 11) is -4.52. The van der Waals surface area contributed by atoms with E-state index >= 15 is 0 Å². The second-order valence-electron chi connectivity index (χ2n) is 4.46. The molecule has 1 aromatic rings. The maximum Gasteiger partial charge on any atom is 0.337 e. The predicted molar refractivity (Wildman–Crippen MR) is 71.0 cm³/mol. The Morgan fingerprint density at radius 3 is 2.47 bits per heavy atom. The maximum atomic E-state index is 11.9. The Morgan fingerprint density at radius 1 is 1.42 bits per heavy atom. The van der Waals surface area contributed by atoms with Crippen LogP contribution in [-0.4, -0.2) is 31.6 Å². The van der Waals surface area contributed by atoms with Gasteiger partial charge in [0.05, 0.1) is 0 Å². The quantitative estimate of drug-likeness (QED) is 0.713. The van der Waals surface area contributed by atoms with Gasteiger partial charge in [0, 0.05) is 0 Å². The van der Waals surface area contributed by atoms with Gasteiger partial charge in [-0.2, -0.15) is 0 Å². The lowest BCUT2D eigenvalue weighted by Crippen LogP contribution is -2.29. The molecule has 0 aromatic carbocycles. The Hall–Kier alpha value is -1.01. The highest BCUT2D eigenvalue weighted by Crippen LogP contribution is 2.44. The number of hydrogen-bond acceptors (Lipinski definition) is 4. The van der Waals surface area contributed by atoms with Crippen LogP contribution >= 0.6 is 19.2 Å². The molecule has 1 atom stereocenters. The molecule has 0 saturated heterocycles. The van der Waals surface area contributed by atoms with Crippen molar-refractivity contribution in [1.29, 1.82) is 0 Å². The van der Waals surface area contributed by atoms with Crippen LogP contribution in [0.4, 0.5) is 5.82 Å². The third-order valence-corrected chi connectivity index (χ3v) is 3.75. The van der Waals surface area contributed by atoms with Crippen molar-refractivity contribution in [3.63, 3.8) is 0 Å². The van der Waals surface area contributed by atoms with Crippen molar-refractivity contribution >= 4 is 30.9 Å². The van der Waals surface area contributed by atoms with E-state index < -0.39 is 19.2 Å². The van der Waals surface area contributed by atoms with Crippen LogP contribution in [0.3, 0.4) is 0 Å². The molecular formula is C10H15ClN3O4P. The van der Waals surface area contributed by atoms with Gasteiger partial charge in [-0.05, 0) is 24.5 Å². The molecule has 0 saturated carbocycles. The number of aromatic nitrogens is 2. The molecule has 9 heteroatoms. The third kappa shape index (κ3) is 5.24. The van der Waals surface area contributed by atoms with E-state index in [1.165, 1.54) is 12.1 Å². The highest BCUT2D eigenvalue weighted by atomic mass is 35.5. The van der Waals surface area contributed by atoms with E-state index in [-0.39, 0.29) is 23.3 Å². The van der Waals surface area contributed by atoms with E-state index in [9.17, 15) is 19.1 Å². The van der Waals surface area contributed by atoms with Gasteiger partial charge in [0.1, 0.15) is 5.66 Å². The first-order valence-corrected chi connectivity index (χ1v) is 7.61. The number of halogens is 1. The fourth-order valence-electron chi connectivity index (χ4n) is 1.44. The first-order chi connectivity index (χ1) is 8.70. The fourth-order valence-corrected chi connectivity index (χ4v) is 2.60. The summed E-state index contributed by atoms with van der Waals surface area (Å²) in [5.41, 5.74) is -1.40. The average Bonchev–Trinajstić information content (AvgIpc) is 2.27. The number of carbonyl (C=O) groups excluding carboxylic acids is 1. The summed E-state index contributed by atoms with van der Waals surface area (Å²) in [5, 5.41) is 9.59. The number of hydrogen-bond donors (Lipinski definition) is 3. The third-order valence-electron chi connectivity index (χ3n) is 2.29. The molecule has 1 unspecified atom stereocenters. The largest absolute Gasteiger partial charge is 0.337 e. The average molecular weight is 308 g/mol. The van der Waals surface area contributed by atoms with Crippen LogP contribution < -0.4 is 5.32 Å². The molecule has 7 nitrogen and oxygen atoms in total. The minimum atomic E-state index is -4.52. The highest BCUT2D eigenvalue weighted by molar-refractivity contribution is 7.53. The molecule has 0 fully saturated rings. The number of nitrogens with one attached hydrogen (secondary N) is 1. The lowest BCUT2D eigenvalue weighted by atomic mass is 10.1. The standard InChI is InChI=1S/C10H15ClN3O4P/c1-6(2)5-7(19(16,17)18)10(15)12-9-4-3-8(11)13-14-9/h3-4,6-7H,5H2,1-2H3,(H,12,14,15)(H2,16,17,18). The Morgan fingerprint density at radius 2 is 2.05 bits per heavy atom. The van der Waals surface area contributed by atoms with Gasteiger partial charge < -0.3 is 15.1 Å². The number of rotatable bonds is 5. The summed E-state index contributed by atoms with van der Waals surface area (Å²) in [4.78, 5) is 30.3. The van der Waals surface area contributed by atoms with Gasteiger partial charge in [0.25, 0.3) is 0 Å². The van der Waals surface area contributed by atoms with Gasteiger partial charge in [0.2, 0.25) is 5.91 Å². The van der Waals surface area contributed by atoms with E-state index in [1.807, 2.05) is 0 Å². The minimum absolute atomic E-state index is 0.0281. The van der Waals surface area contributed by atoms with Crippen molar-refractivity contribution in [2.45, 2.75) is 25.9 Å². The Bertz CT molecular complexity index is 488. The molecule has 1 amide bonds. The zero-order valence-corrected chi connectivity index (χ0v) is 12.1. The Balaban J connectivity index is 2.83. The summed E-state index contributed by atoms with van der Waals surface area (Å²) in [6, 6.07) is 2.82. The topological polar surface area (TPSA) is 112 Å². The molecule has 0 bridgehead atoms. The Labute approximate surface area is 115 Å². The van der Waals surface area contributed by atoms with Gasteiger partial charge in [0.15, 0.2) is 11.0 Å². The van der Waals surface area contributed by atoms with Crippen molar-refractivity contribution in [3.8, 4) is 0 Å². The van der Waals surface area contributed by atoms with Gasteiger partial charge in [-0.1, -0.05) is 25.4 Å². The molecule has 0 aliphatic rings. The molecule has 0 aliphatic heterocycles. The Kier molecular flexibility index (Phi) is 5.43. The number of nitrogens with zero attached hydrogens (tertiary/aromatic N) is 2. The van der Waals surface area contributed by atoms with Crippen molar-refractivity contribution in [2.75, 3.05) is 5.32 Å². The number of anilines is 1. The molecule has 1 aromatic heterocycles. The highest BCUT2D eigenvalue weighted by Gasteiger charge is 2.36. The van der Waals surface area contributed by atoms with E-state index in [0.717, 1.165) is 0 Å². The first kappa shape index (κ1) is 16.0. The summed E-state index contributed by atoms with van der Waals surface area (Å²) in [6.07, 6.45) is 0.0805. The predicted octanol–water partition coefficient (Wildman–Crippen LogP) is 1.66. The molecule has 1 heterocycles. The smallest absolute Gasteiger partial charge is 0.324 e. The molecule has 1 rings (SSSR count). The van der Waals surface area contributed by atoms with Crippen LogP contribution in [0.1, 0.15) is 20.3 Å². The van der Waals surface area contributed by atoms with Crippen molar-refractivity contribution in [3.05, 3.63) is 17.3 Å². The van der Waals surface area contributed by atoms with Crippen LogP contribution in [0, 0.1) is 5.92 Å². The van der Waals surface area contributed by atoms with Crippen LogP contribution in [0.15, 0.2) is 12.1 Å². The van der Waals surface area contributed by atoms with Gasteiger partial charge >= 0.3 is 7.60 Å². The van der Waals surface area contributed by atoms with Gasteiger partial charge in [-0.25, -0.2) is 0 Å². The zero-order chi connectivity index (χ0) is 14.6. The lowest BCUT2D eigenvalue weighted by Gasteiger charge is -2.19. The zero-order valence-electron chi connectivity index (χ0n) is 10.4. The van der Waals surface area contributed by atoms with Crippen LogP contribution in [0.5, 0.6) is 0 Å². The number of carbonyl (C=O) groups is 1. The summed E-state index contributed by atoms with van der Waals surface area (Å²) in [5.74, 6) is -0.713. The van der Waals surface area contributed by atoms with E-state index in [1.54, 1.807) is 13.8 Å². The van der Waals surface area contributed by atoms with Crippen LogP contribution in [0.25, 0.3) is 0 Å². The SMILES string of the molecule is CC(C)CC(C(=O)Nc1ccc(Cl)nn1)P(=O)(O)O. The first-order valence-electron chi connectivity index (χ1n) is 5.55. The maximum absolute atomic E-state index is 11.9. The van der Waals surface area contributed by atoms with Crippen molar-refractivity contribution in [2.24, 2.45) is 5.92 Å². The fraction of sp³-hybridized carbons (Fsp3) is 0.500. The molecular weight excluding hydrogens is 293 g/mol. The summed E-state index contributed by atoms with van der Waals surface area (Å²) < 4.78 is 11.3. The second-order valence-corrected chi connectivity index (χ2v) is 6.65. The molecule has 19 heavy (non-hydrogen) atoms. The molecule has 0 spiro atoms. The molecule has 0 aliphatic carbocycles. The summed E-state index contributed by atoms with van der Waals surface area (Å²) >= 11 is 5.54. The lowest BCUT2D eigenvalue weighted by molar-refractivity contribution is -0.116. The van der Waals surface area contributed by atoms with E-state index in [4.69, 9.17) is 11.6 Å². The van der Waals surface area contributed by atoms with Crippen LogP contribution in [0.2, 0.25) is 5.15 Å². The molecule has 0 radical (unpaired) electrons. The molecule has 3 N–H and O–H groups in total. The van der Waals surface area contributed by atoms with Crippen LogP contribution in [-0.2, 0) is 9.36 Å². The monoisotopic (exact) mass is 307 g/mol. The van der Waals surface area contributed by atoms with Crippen molar-refractivity contribution in [1.82, 2.24) is 10.2 Å². The second kappa shape index (κ2) is 6.43. The normalized spacial score (nSPS) is 13.4. The van der Waals surface area contributed by atoms with E-state index in [0.29, 0.717) is 0 Å². The van der Waals surface area contributed by atoms with Gasteiger partial charge in [-0.3, -0.25) is 9.36 Å². The van der Waals surface area contributed by atoms with Crippen molar-refractivity contribution < 1.29 is 19.1 Å². The van der Waals surface area contributed by atoms with E-state index in [2.05, 4.69) is 15.5 Å². The summed E-state index contributed by atoms with van der Waals surface area (Å²) in [6.45, 7) is 3.55. The number of amides is 1. The van der Waals surface area contributed by atoms with Gasteiger partial charge in [-0.15, -0.1) is 10.2 Å².